The highest BCUT2D eigenvalue weighted by Gasteiger charge is 2.19. The number of nitrogens with zero attached hydrogens (tertiary/aromatic N) is 5. The molecule has 0 N–H and O–H groups in total. The van der Waals surface area contributed by atoms with E-state index in [-0.39, 0.29) is 0 Å². The van der Waals surface area contributed by atoms with Crippen molar-refractivity contribution in [2.45, 2.75) is 6.54 Å². The zero-order valence-corrected chi connectivity index (χ0v) is 17.4. The van der Waals surface area contributed by atoms with E-state index in [0.717, 1.165) is 37.6 Å². The Morgan fingerprint density at radius 2 is 1.83 bits per heavy atom. The minimum atomic E-state index is 0.490. The summed E-state index contributed by atoms with van der Waals surface area (Å²) in [5.74, 6) is 1.42. The fourth-order valence-electron chi connectivity index (χ4n) is 3.46. The summed E-state index contributed by atoms with van der Waals surface area (Å²) in [7, 11) is 10.1. The molecule has 0 fully saturated rings. The normalized spacial score (nSPS) is 11.3. The Hall–Kier alpha value is -3.39. The van der Waals surface area contributed by atoms with Crippen LogP contribution in [-0.2, 0) is 13.6 Å². The summed E-state index contributed by atoms with van der Waals surface area (Å²) >= 11 is 1.62. The molecule has 0 saturated heterocycles. The van der Waals surface area contributed by atoms with Crippen LogP contribution in [0.3, 0.4) is 0 Å². The molecule has 0 saturated carbocycles. The molecule has 0 unspecified atom stereocenters. The molecule has 0 bridgehead atoms. The third-order valence-electron chi connectivity index (χ3n) is 4.99. The van der Waals surface area contributed by atoms with Crippen molar-refractivity contribution < 1.29 is 4.74 Å². The van der Waals surface area contributed by atoms with E-state index in [0.29, 0.717) is 18.0 Å². The number of aryl methyl sites for hydroxylation is 1. The largest absolute Gasteiger partial charge is 0.497 e. The van der Waals surface area contributed by atoms with Gasteiger partial charge in [0.15, 0.2) is 5.65 Å². The first-order valence-corrected chi connectivity index (χ1v) is 10.3. The van der Waals surface area contributed by atoms with Gasteiger partial charge in [-0.3, -0.25) is 0 Å². The maximum Gasteiger partial charge on any atom is 0.229 e. The van der Waals surface area contributed by atoms with Crippen molar-refractivity contribution in [3.63, 3.8) is 0 Å². The minimum absolute atomic E-state index is 0.490. The summed E-state index contributed by atoms with van der Waals surface area (Å²) in [5.41, 5.74) is 4.55. The summed E-state index contributed by atoms with van der Waals surface area (Å²) in [5, 5.41) is 0.927. The van der Waals surface area contributed by atoms with Crippen molar-refractivity contribution in [2.24, 2.45) is 7.05 Å². The first-order valence-electron chi connectivity index (χ1n) is 9.46. The molecular weight excluding hydrogens is 393 g/mol. The summed E-state index contributed by atoms with van der Waals surface area (Å²) in [6.07, 6.45) is 1.79. The second-order valence-electron chi connectivity index (χ2n) is 7.00. The SMILES string of the molecule is [B]N(Cc1ccc(OC)cc1)c1nc2nc(-c3ccccc3)sc2c2c1ncn2C. The topological polar surface area (TPSA) is 56.1 Å². The number of rotatable bonds is 5. The Kier molecular flexibility index (Phi) is 4.63. The summed E-state index contributed by atoms with van der Waals surface area (Å²) in [6, 6.07) is 17.9. The van der Waals surface area contributed by atoms with Crippen molar-refractivity contribution in [3.05, 3.63) is 66.5 Å². The predicted octanol–water partition coefficient (Wildman–Crippen LogP) is 4.34. The minimum Gasteiger partial charge on any atom is -0.497 e. The van der Waals surface area contributed by atoms with E-state index in [9.17, 15) is 0 Å². The van der Waals surface area contributed by atoms with E-state index < -0.39 is 0 Å². The van der Waals surface area contributed by atoms with Crippen molar-refractivity contribution in [1.82, 2.24) is 19.5 Å². The number of hydrogen-bond acceptors (Lipinski definition) is 6. The van der Waals surface area contributed by atoms with Crippen LogP contribution in [0.25, 0.3) is 32.0 Å². The third-order valence-corrected chi connectivity index (χ3v) is 6.09. The van der Waals surface area contributed by atoms with Gasteiger partial charge in [-0.1, -0.05) is 42.5 Å². The number of methoxy groups -OCH3 is 1. The highest BCUT2D eigenvalue weighted by molar-refractivity contribution is 7.22. The molecule has 5 aromatic rings. The van der Waals surface area contributed by atoms with Crippen LogP contribution in [0, 0.1) is 0 Å². The Morgan fingerprint density at radius 1 is 1.07 bits per heavy atom. The standard InChI is InChI=1S/C22H18BN5OS/c1-27-13-24-17-18(27)19-20(26-22(30-19)15-6-4-3-5-7-15)25-21(17)28(23)12-14-8-10-16(29-2)11-9-14/h3-11,13H,12H2,1-2H3. The molecule has 0 aliphatic carbocycles. The van der Waals surface area contributed by atoms with Crippen LogP contribution in [0.5, 0.6) is 5.75 Å². The summed E-state index contributed by atoms with van der Waals surface area (Å²) in [4.78, 5) is 15.8. The van der Waals surface area contributed by atoms with Gasteiger partial charge in [-0.05, 0) is 17.7 Å². The van der Waals surface area contributed by atoms with E-state index in [1.165, 1.54) is 0 Å². The van der Waals surface area contributed by atoms with Crippen LogP contribution in [0.2, 0.25) is 0 Å². The molecule has 2 radical (unpaired) electrons. The van der Waals surface area contributed by atoms with Crippen molar-refractivity contribution in [1.29, 1.82) is 0 Å². The Morgan fingerprint density at radius 3 is 2.57 bits per heavy atom. The first-order chi connectivity index (χ1) is 14.6. The lowest BCUT2D eigenvalue weighted by Gasteiger charge is -2.19. The van der Waals surface area contributed by atoms with E-state index in [1.807, 2.05) is 54.1 Å². The molecule has 0 aliphatic rings. The second-order valence-corrected chi connectivity index (χ2v) is 8.00. The van der Waals surface area contributed by atoms with E-state index in [1.54, 1.807) is 29.6 Å². The first kappa shape index (κ1) is 18.6. The average molecular weight is 411 g/mol. The van der Waals surface area contributed by atoms with Crippen LogP contribution >= 0.6 is 11.3 Å². The van der Waals surface area contributed by atoms with E-state index in [2.05, 4.69) is 17.1 Å². The summed E-state index contributed by atoms with van der Waals surface area (Å²) < 4.78 is 8.23. The van der Waals surface area contributed by atoms with Crippen LogP contribution in [0.4, 0.5) is 5.82 Å². The van der Waals surface area contributed by atoms with Crippen LogP contribution in [0.15, 0.2) is 60.9 Å². The highest BCUT2D eigenvalue weighted by atomic mass is 32.1. The molecule has 0 atom stereocenters. The monoisotopic (exact) mass is 411 g/mol. The molecule has 3 heterocycles. The lowest BCUT2D eigenvalue weighted by molar-refractivity contribution is 0.414. The average Bonchev–Trinajstić information content (AvgIpc) is 3.38. The number of fused-ring (bicyclic) bond motifs is 3. The number of ether oxygens (including phenoxy) is 1. The Bertz CT molecular complexity index is 1330. The van der Waals surface area contributed by atoms with Gasteiger partial charge < -0.3 is 14.1 Å². The third kappa shape index (κ3) is 3.19. The molecule has 2 aromatic carbocycles. The van der Waals surface area contributed by atoms with Gasteiger partial charge in [0.1, 0.15) is 26.8 Å². The second kappa shape index (κ2) is 7.46. The van der Waals surface area contributed by atoms with Gasteiger partial charge in [0, 0.05) is 19.2 Å². The van der Waals surface area contributed by atoms with Crippen LogP contribution in [0.1, 0.15) is 5.56 Å². The number of anilines is 1. The molecule has 3 aromatic heterocycles. The number of pyridine rings is 1. The van der Waals surface area contributed by atoms with Gasteiger partial charge >= 0.3 is 0 Å². The van der Waals surface area contributed by atoms with E-state index >= 15 is 0 Å². The maximum atomic E-state index is 6.45. The van der Waals surface area contributed by atoms with Crippen molar-refractivity contribution in [3.8, 4) is 16.3 Å². The summed E-state index contributed by atoms with van der Waals surface area (Å²) in [6.45, 7) is 0.490. The Balaban J connectivity index is 1.60. The molecule has 0 spiro atoms. The van der Waals surface area contributed by atoms with E-state index in [4.69, 9.17) is 22.7 Å². The highest BCUT2D eigenvalue weighted by Crippen LogP contribution is 2.36. The van der Waals surface area contributed by atoms with Crippen molar-refractivity contribution in [2.75, 3.05) is 11.9 Å². The molecule has 146 valence electrons. The number of benzene rings is 2. The number of thiazole rings is 1. The quantitative estimate of drug-likeness (QED) is 0.403. The van der Waals surface area contributed by atoms with Gasteiger partial charge in [0.05, 0.1) is 19.0 Å². The van der Waals surface area contributed by atoms with Gasteiger partial charge in [-0.2, -0.15) is 0 Å². The zero-order valence-electron chi connectivity index (χ0n) is 16.6. The molecule has 0 amide bonds. The number of aromatic nitrogens is 4. The fraction of sp³-hybridized carbons (Fsp3) is 0.136. The maximum absolute atomic E-state index is 6.45. The van der Waals surface area contributed by atoms with Crippen LogP contribution in [-0.4, -0.2) is 34.6 Å². The van der Waals surface area contributed by atoms with Crippen molar-refractivity contribution >= 4 is 46.5 Å². The van der Waals surface area contributed by atoms with Crippen LogP contribution < -0.4 is 9.55 Å². The molecule has 6 nitrogen and oxygen atoms in total. The lowest BCUT2D eigenvalue weighted by atomic mass is 10.1. The fourth-order valence-corrected chi connectivity index (χ4v) is 4.56. The Labute approximate surface area is 179 Å². The van der Waals surface area contributed by atoms with Gasteiger partial charge in [0.2, 0.25) is 7.98 Å². The smallest absolute Gasteiger partial charge is 0.229 e. The molecule has 5 rings (SSSR count). The van der Waals surface area contributed by atoms with Gasteiger partial charge in [0.25, 0.3) is 0 Å². The molecule has 8 heteroatoms. The zero-order chi connectivity index (χ0) is 20.7. The number of imidazole rings is 1. The molecule has 0 aliphatic heterocycles. The molecular formula is C22H18BN5OS. The lowest BCUT2D eigenvalue weighted by Crippen LogP contribution is -2.20. The van der Waals surface area contributed by atoms with Gasteiger partial charge in [-0.15, -0.1) is 11.3 Å². The number of hydrogen-bond donors (Lipinski definition) is 0. The predicted molar refractivity (Wildman–Crippen MR) is 122 cm³/mol. The molecule has 30 heavy (non-hydrogen) atoms. The van der Waals surface area contributed by atoms with Gasteiger partial charge in [-0.25, -0.2) is 15.0 Å².